The summed E-state index contributed by atoms with van der Waals surface area (Å²) >= 11 is 0. The predicted octanol–water partition coefficient (Wildman–Crippen LogP) is 1.39. The molecular weight excluding hydrogens is 194 g/mol. The molecule has 1 aromatic heterocycles. The molecule has 15 heavy (non-hydrogen) atoms. The maximum absolute atomic E-state index is 9.57. The second kappa shape index (κ2) is 3.61. The number of rotatable bonds is 2. The summed E-state index contributed by atoms with van der Waals surface area (Å²) in [7, 11) is 3.28. The van der Waals surface area contributed by atoms with Gasteiger partial charge >= 0.3 is 0 Å². The molecule has 0 amide bonds. The van der Waals surface area contributed by atoms with E-state index in [1.165, 1.54) is 13.4 Å². The first kappa shape index (κ1) is 9.51. The fourth-order valence-corrected chi connectivity index (χ4v) is 1.43. The van der Waals surface area contributed by atoms with Crippen molar-refractivity contribution in [2.24, 2.45) is 0 Å². The molecule has 0 aliphatic carbocycles. The van der Waals surface area contributed by atoms with E-state index in [0.29, 0.717) is 17.1 Å². The van der Waals surface area contributed by atoms with Crippen molar-refractivity contribution in [1.29, 1.82) is 0 Å². The molecule has 5 heteroatoms. The number of nitrogens with zero attached hydrogens (tertiary/aromatic N) is 2. The summed E-state index contributed by atoms with van der Waals surface area (Å²) < 4.78 is 5.02. The van der Waals surface area contributed by atoms with E-state index in [2.05, 4.69) is 15.3 Å². The predicted molar refractivity (Wildman–Crippen MR) is 57.3 cm³/mol. The van der Waals surface area contributed by atoms with Crippen molar-refractivity contribution >= 4 is 16.7 Å². The van der Waals surface area contributed by atoms with Crippen LogP contribution in [-0.4, -0.2) is 29.2 Å². The van der Waals surface area contributed by atoms with Crippen molar-refractivity contribution in [3.05, 3.63) is 18.5 Å². The number of benzene rings is 1. The number of anilines is 1. The van der Waals surface area contributed by atoms with E-state index in [-0.39, 0.29) is 5.75 Å². The average molecular weight is 205 g/mol. The van der Waals surface area contributed by atoms with Gasteiger partial charge in [-0.1, -0.05) is 0 Å². The van der Waals surface area contributed by atoms with E-state index in [4.69, 9.17) is 4.74 Å². The Bertz CT molecular complexity index is 499. The van der Waals surface area contributed by atoms with Crippen LogP contribution < -0.4 is 10.1 Å². The van der Waals surface area contributed by atoms with E-state index >= 15 is 0 Å². The zero-order valence-electron chi connectivity index (χ0n) is 8.48. The second-order valence-electron chi connectivity index (χ2n) is 3.01. The third-order valence-corrected chi connectivity index (χ3v) is 2.17. The molecule has 1 heterocycles. The number of hydrogen-bond donors (Lipinski definition) is 2. The molecule has 78 valence electrons. The van der Waals surface area contributed by atoms with Gasteiger partial charge in [-0.15, -0.1) is 0 Å². The molecule has 0 atom stereocenters. The Morgan fingerprint density at radius 1 is 1.33 bits per heavy atom. The van der Waals surface area contributed by atoms with Gasteiger partial charge in [0.05, 0.1) is 12.6 Å². The van der Waals surface area contributed by atoms with Crippen LogP contribution in [0, 0.1) is 0 Å². The highest BCUT2D eigenvalue weighted by molar-refractivity contribution is 5.91. The number of methoxy groups -OCH3 is 1. The van der Waals surface area contributed by atoms with Gasteiger partial charge in [-0.2, -0.15) is 0 Å². The lowest BCUT2D eigenvalue weighted by atomic mass is 10.2. The van der Waals surface area contributed by atoms with Crippen LogP contribution in [0.25, 0.3) is 10.9 Å². The van der Waals surface area contributed by atoms with Gasteiger partial charge in [-0.25, -0.2) is 9.97 Å². The molecule has 0 bridgehead atoms. The summed E-state index contributed by atoms with van der Waals surface area (Å²) in [5.41, 5.74) is 0.674. The third-order valence-electron chi connectivity index (χ3n) is 2.17. The van der Waals surface area contributed by atoms with Crippen LogP contribution in [0.5, 0.6) is 11.5 Å². The molecule has 2 aromatic rings. The number of phenols is 1. The van der Waals surface area contributed by atoms with Crippen LogP contribution in [-0.2, 0) is 0 Å². The average Bonchev–Trinajstić information content (AvgIpc) is 2.27. The summed E-state index contributed by atoms with van der Waals surface area (Å²) in [6.45, 7) is 0. The number of nitrogens with one attached hydrogen (secondary N) is 1. The molecule has 0 saturated heterocycles. The number of hydrogen-bond acceptors (Lipinski definition) is 5. The van der Waals surface area contributed by atoms with E-state index < -0.39 is 0 Å². The number of phenolic OH excluding ortho intramolecular Hbond substituents is 1. The van der Waals surface area contributed by atoms with E-state index in [0.717, 1.165) is 5.39 Å². The zero-order chi connectivity index (χ0) is 10.8. The molecule has 2 rings (SSSR count). The first-order valence-corrected chi connectivity index (χ1v) is 4.45. The second-order valence-corrected chi connectivity index (χ2v) is 3.01. The Kier molecular flexibility index (Phi) is 2.29. The molecule has 0 fully saturated rings. The van der Waals surface area contributed by atoms with Gasteiger partial charge in [0, 0.05) is 18.5 Å². The normalized spacial score (nSPS) is 10.3. The molecule has 2 N–H and O–H groups in total. The van der Waals surface area contributed by atoms with Crippen LogP contribution in [0.15, 0.2) is 18.5 Å². The summed E-state index contributed by atoms with van der Waals surface area (Å²) in [4.78, 5) is 8.13. The minimum absolute atomic E-state index is 0.0748. The molecule has 0 saturated carbocycles. The monoisotopic (exact) mass is 205 g/mol. The number of aromatic hydroxyl groups is 1. The Morgan fingerprint density at radius 3 is 2.80 bits per heavy atom. The molecule has 0 aliphatic rings. The van der Waals surface area contributed by atoms with Gasteiger partial charge in [0.1, 0.15) is 12.1 Å². The van der Waals surface area contributed by atoms with Gasteiger partial charge in [-0.05, 0) is 6.07 Å². The zero-order valence-corrected chi connectivity index (χ0v) is 8.48. The highest BCUT2D eigenvalue weighted by Gasteiger charge is 2.08. The topological polar surface area (TPSA) is 67.3 Å². The largest absolute Gasteiger partial charge is 0.504 e. The van der Waals surface area contributed by atoms with Gasteiger partial charge in [0.25, 0.3) is 0 Å². The van der Waals surface area contributed by atoms with Gasteiger partial charge < -0.3 is 15.2 Å². The van der Waals surface area contributed by atoms with Crippen molar-refractivity contribution < 1.29 is 9.84 Å². The third kappa shape index (κ3) is 1.52. The maximum Gasteiger partial charge on any atom is 0.161 e. The van der Waals surface area contributed by atoms with Crippen LogP contribution in [0.1, 0.15) is 0 Å². The minimum Gasteiger partial charge on any atom is -0.504 e. The molecule has 0 aliphatic heterocycles. The number of fused-ring (bicyclic) bond motifs is 1. The lowest BCUT2D eigenvalue weighted by molar-refractivity contribution is 0.374. The fraction of sp³-hybridized carbons (Fsp3) is 0.200. The summed E-state index contributed by atoms with van der Waals surface area (Å²) in [5.74, 6) is 1.19. The van der Waals surface area contributed by atoms with Gasteiger partial charge in [-0.3, -0.25) is 0 Å². The lowest BCUT2D eigenvalue weighted by Gasteiger charge is -2.07. The molecule has 5 nitrogen and oxygen atoms in total. The highest BCUT2D eigenvalue weighted by atomic mass is 16.5. The lowest BCUT2D eigenvalue weighted by Crippen LogP contribution is -1.95. The van der Waals surface area contributed by atoms with Crippen molar-refractivity contribution in [3.8, 4) is 11.5 Å². The Hall–Kier alpha value is -2.04. The van der Waals surface area contributed by atoms with Crippen molar-refractivity contribution in [2.75, 3.05) is 19.5 Å². The van der Waals surface area contributed by atoms with Crippen LogP contribution in [0.2, 0.25) is 0 Å². The maximum atomic E-state index is 9.57. The highest BCUT2D eigenvalue weighted by Crippen LogP contribution is 2.32. The number of ether oxygens (including phenoxy) is 1. The SMILES string of the molecule is CNc1ncnc2cc(O)c(OC)cc12. The molecular formula is C10H11N3O2. The molecule has 1 aromatic carbocycles. The minimum atomic E-state index is 0.0748. The Labute approximate surface area is 86.7 Å². The summed E-state index contributed by atoms with van der Waals surface area (Å²) in [6, 6.07) is 3.26. The molecule has 0 spiro atoms. The van der Waals surface area contributed by atoms with E-state index in [9.17, 15) is 5.11 Å². The summed E-state index contributed by atoms with van der Waals surface area (Å²) in [5, 5.41) is 13.3. The quantitative estimate of drug-likeness (QED) is 0.775. The summed E-state index contributed by atoms with van der Waals surface area (Å²) in [6.07, 6.45) is 1.44. The van der Waals surface area contributed by atoms with Crippen LogP contribution in [0.4, 0.5) is 5.82 Å². The van der Waals surface area contributed by atoms with Crippen LogP contribution in [0.3, 0.4) is 0 Å². The first-order valence-electron chi connectivity index (χ1n) is 4.45. The van der Waals surface area contributed by atoms with Crippen molar-refractivity contribution in [2.45, 2.75) is 0 Å². The Balaban J connectivity index is 2.76. The first-order chi connectivity index (χ1) is 7.26. The van der Waals surface area contributed by atoms with E-state index in [1.54, 1.807) is 19.2 Å². The van der Waals surface area contributed by atoms with Crippen LogP contribution >= 0.6 is 0 Å². The van der Waals surface area contributed by atoms with Crippen molar-refractivity contribution in [1.82, 2.24) is 9.97 Å². The molecule has 0 radical (unpaired) electrons. The van der Waals surface area contributed by atoms with Gasteiger partial charge in [0.15, 0.2) is 11.5 Å². The standard InChI is InChI=1S/C10H11N3O2/c1-11-10-6-3-9(15-2)8(14)4-7(6)12-5-13-10/h3-5,14H,1-2H3,(H,11,12,13). The van der Waals surface area contributed by atoms with Crippen molar-refractivity contribution in [3.63, 3.8) is 0 Å². The number of aromatic nitrogens is 2. The van der Waals surface area contributed by atoms with E-state index in [1.807, 2.05) is 0 Å². The smallest absolute Gasteiger partial charge is 0.161 e. The fourth-order valence-electron chi connectivity index (χ4n) is 1.43. The molecule has 0 unspecified atom stereocenters. The Morgan fingerprint density at radius 2 is 2.13 bits per heavy atom. The van der Waals surface area contributed by atoms with Gasteiger partial charge in [0.2, 0.25) is 0 Å².